The van der Waals surface area contributed by atoms with E-state index in [1.807, 2.05) is 12.1 Å². The lowest BCUT2D eigenvalue weighted by molar-refractivity contribution is -0.128. The molecule has 2 nitrogen and oxygen atoms in total. The fraction of sp³-hybridized carbons (Fsp3) is 0.609. The average molecular weight is 407 g/mol. The molecule has 1 saturated heterocycles. The first-order valence-electron chi connectivity index (χ1n) is 10.4. The molecule has 0 bridgehead atoms. The maximum Gasteiger partial charge on any atom is 0.335 e. The van der Waals surface area contributed by atoms with E-state index in [-0.39, 0.29) is 0 Å². The van der Waals surface area contributed by atoms with Gasteiger partial charge in [-0.3, -0.25) is 0 Å². The Morgan fingerprint density at radius 1 is 1.04 bits per heavy atom. The van der Waals surface area contributed by atoms with Crippen molar-refractivity contribution in [2.45, 2.75) is 69.3 Å². The Morgan fingerprint density at radius 2 is 1.63 bits per heavy atom. The molecule has 0 atom stereocenters. The zero-order valence-electron chi connectivity index (χ0n) is 16.7. The van der Waals surface area contributed by atoms with Gasteiger partial charge >= 0.3 is 5.97 Å². The highest BCUT2D eigenvalue weighted by Crippen LogP contribution is 2.46. The molecule has 1 heterocycles. The number of carbonyl (C=O) groups is 1. The van der Waals surface area contributed by atoms with Crippen molar-refractivity contribution in [3.63, 3.8) is 0 Å². The molecule has 1 aromatic carbocycles. The summed E-state index contributed by atoms with van der Waals surface area (Å²) < 4.78 is 5.65. The number of unbranched alkanes of at least 4 members (excludes halogenated alkanes) is 7. The largest absolute Gasteiger partial charge is 0.423 e. The summed E-state index contributed by atoms with van der Waals surface area (Å²) in [6.07, 6.45) is 13.8. The van der Waals surface area contributed by atoms with E-state index in [2.05, 4.69) is 49.2 Å². The first-order valence-corrected chi connectivity index (χ1v) is 12.5. The molecule has 0 unspecified atom stereocenters. The molecule has 0 radical (unpaired) electrons. The van der Waals surface area contributed by atoms with Gasteiger partial charge in [0.05, 0.1) is 4.58 Å². The summed E-state index contributed by atoms with van der Waals surface area (Å²) in [6.45, 7) is 5.70. The second-order valence-corrected chi connectivity index (χ2v) is 9.90. The molecule has 0 N–H and O–H groups in total. The van der Waals surface area contributed by atoms with Gasteiger partial charge in [-0.2, -0.15) is 0 Å². The molecule has 0 spiro atoms. The third-order valence-electron chi connectivity index (χ3n) is 4.97. The monoisotopic (exact) mass is 406 g/mol. The molecule has 4 heteroatoms. The van der Waals surface area contributed by atoms with E-state index in [1.54, 1.807) is 0 Å². The summed E-state index contributed by atoms with van der Waals surface area (Å²) in [6, 6.07) is 7.92. The minimum absolute atomic E-state index is 0.409. The molecule has 27 heavy (non-hydrogen) atoms. The van der Waals surface area contributed by atoms with Crippen LogP contribution in [0.3, 0.4) is 0 Å². The summed E-state index contributed by atoms with van der Waals surface area (Å²) in [7, 11) is 0. The van der Waals surface area contributed by atoms with Crippen LogP contribution in [0.1, 0.15) is 74.9 Å². The highest BCUT2D eigenvalue weighted by molar-refractivity contribution is 8.16. The Bertz CT molecular complexity index is 548. The van der Waals surface area contributed by atoms with Crippen LogP contribution in [-0.4, -0.2) is 17.5 Å². The van der Waals surface area contributed by atoms with Gasteiger partial charge in [0.1, 0.15) is 5.75 Å². The van der Waals surface area contributed by atoms with Gasteiger partial charge < -0.3 is 4.74 Å². The minimum atomic E-state index is -0.409. The van der Waals surface area contributed by atoms with Crippen LogP contribution in [0.4, 0.5) is 0 Å². The van der Waals surface area contributed by atoms with Crippen molar-refractivity contribution in [3.05, 3.63) is 42.5 Å². The maximum absolute atomic E-state index is 11.2. The first-order chi connectivity index (χ1) is 13.2. The van der Waals surface area contributed by atoms with E-state index in [0.29, 0.717) is 10.3 Å². The van der Waals surface area contributed by atoms with Crippen molar-refractivity contribution in [3.8, 4) is 5.75 Å². The smallest absolute Gasteiger partial charge is 0.335 e. The van der Waals surface area contributed by atoms with Crippen LogP contribution >= 0.6 is 23.5 Å². The Morgan fingerprint density at radius 3 is 2.22 bits per heavy atom. The van der Waals surface area contributed by atoms with Crippen molar-refractivity contribution >= 4 is 29.5 Å². The summed E-state index contributed by atoms with van der Waals surface area (Å²) in [4.78, 5) is 11.2. The standard InChI is InChI=1S/C23H34O2S2/c1-3-5-6-7-8-9-10-11-12-19-17-26-23(27-18-19)20-13-15-21(16-14-20)25-22(24)4-2/h4,13-16,19,23H,2-3,5-12,17-18H2,1H3. The number of benzene rings is 1. The predicted octanol–water partition coefficient (Wildman–Crippen LogP) is 7.40. The van der Waals surface area contributed by atoms with Crippen LogP contribution in [0, 0.1) is 5.92 Å². The lowest BCUT2D eigenvalue weighted by Gasteiger charge is -2.28. The fourth-order valence-corrected chi connectivity index (χ4v) is 6.49. The quantitative estimate of drug-likeness (QED) is 0.156. The Labute approximate surface area is 173 Å². The second-order valence-electron chi connectivity index (χ2n) is 7.32. The van der Waals surface area contributed by atoms with E-state index in [4.69, 9.17) is 4.74 Å². The van der Waals surface area contributed by atoms with Crippen LogP contribution in [0.15, 0.2) is 36.9 Å². The van der Waals surface area contributed by atoms with E-state index in [9.17, 15) is 4.79 Å². The molecule has 1 aliphatic rings. The summed E-state index contributed by atoms with van der Waals surface area (Å²) in [5.41, 5.74) is 1.31. The van der Waals surface area contributed by atoms with E-state index < -0.39 is 5.97 Å². The Kier molecular flexibility index (Phi) is 11.1. The van der Waals surface area contributed by atoms with Crippen molar-refractivity contribution in [2.75, 3.05) is 11.5 Å². The second kappa shape index (κ2) is 13.3. The van der Waals surface area contributed by atoms with Crippen molar-refractivity contribution in [1.29, 1.82) is 0 Å². The molecule has 0 aliphatic carbocycles. The van der Waals surface area contributed by atoms with Gasteiger partial charge in [-0.05, 0) is 41.5 Å². The van der Waals surface area contributed by atoms with Crippen molar-refractivity contribution in [2.24, 2.45) is 5.92 Å². The van der Waals surface area contributed by atoms with Crippen LogP contribution in [0.5, 0.6) is 5.75 Å². The number of hydrogen-bond acceptors (Lipinski definition) is 4. The maximum atomic E-state index is 11.2. The summed E-state index contributed by atoms with van der Waals surface area (Å²) in [5, 5.41) is 0. The number of ether oxygens (including phenoxy) is 1. The van der Waals surface area contributed by atoms with E-state index in [1.165, 1.54) is 80.9 Å². The van der Waals surface area contributed by atoms with Crippen molar-refractivity contribution < 1.29 is 9.53 Å². The average Bonchev–Trinajstić information content (AvgIpc) is 2.71. The molecule has 1 aromatic rings. The van der Waals surface area contributed by atoms with Crippen LogP contribution in [0.2, 0.25) is 0 Å². The van der Waals surface area contributed by atoms with Gasteiger partial charge in [0.15, 0.2) is 0 Å². The third kappa shape index (κ3) is 8.78. The van der Waals surface area contributed by atoms with Crippen LogP contribution < -0.4 is 4.74 Å². The number of carbonyl (C=O) groups excluding carboxylic acids is 1. The fourth-order valence-electron chi connectivity index (χ4n) is 3.32. The SMILES string of the molecule is C=CC(=O)Oc1ccc(C2SCC(CCCCCCCCCC)CS2)cc1. The van der Waals surface area contributed by atoms with Crippen molar-refractivity contribution in [1.82, 2.24) is 0 Å². The molecule has 0 saturated carbocycles. The number of thioether (sulfide) groups is 2. The lowest BCUT2D eigenvalue weighted by atomic mass is 10.0. The predicted molar refractivity (Wildman–Crippen MR) is 121 cm³/mol. The molecule has 1 fully saturated rings. The topological polar surface area (TPSA) is 26.3 Å². The van der Waals surface area contributed by atoms with Gasteiger partial charge in [0, 0.05) is 6.08 Å². The van der Waals surface area contributed by atoms with Gasteiger partial charge in [-0.1, -0.05) is 77.0 Å². The number of rotatable bonds is 12. The van der Waals surface area contributed by atoms with E-state index >= 15 is 0 Å². The third-order valence-corrected chi connectivity index (χ3v) is 8.26. The highest BCUT2D eigenvalue weighted by Gasteiger charge is 2.23. The molecular formula is C23H34O2S2. The van der Waals surface area contributed by atoms with Gasteiger partial charge in [0.2, 0.25) is 0 Å². The molecule has 150 valence electrons. The first kappa shape index (κ1) is 22.4. The van der Waals surface area contributed by atoms with Gasteiger partial charge in [-0.15, -0.1) is 23.5 Å². The van der Waals surface area contributed by atoms with Crippen LogP contribution in [0.25, 0.3) is 0 Å². The zero-order valence-corrected chi connectivity index (χ0v) is 18.3. The van der Waals surface area contributed by atoms with E-state index in [0.717, 1.165) is 5.92 Å². The molecule has 1 aliphatic heterocycles. The van der Waals surface area contributed by atoms with Gasteiger partial charge in [0.25, 0.3) is 0 Å². The molecule has 0 amide bonds. The zero-order chi connectivity index (χ0) is 19.3. The highest BCUT2D eigenvalue weighted by atomic mass is 32.2. The summed E-state index contributed by atoms with van der Waals surface area (Å²) in [5.74, 6) is 3.57. The normalized spacial score (nSPS) is 19.6. The molecule has 2 rings (SSSR count). The summed E-state index contributed by atoms with van der Waals surface area (Å²) >= 11 is 4.13. The van der Waals surface area contributed by atoms with Gasteiger partial charge in [-0.25, -0.2) is 4.79 Å². The Hall–Kier alpha value is -0.870. The molecule has 0 aromatic heterocycles. The Balaban J connectivity index is 1.59. The minimum Gasteiger partial charge on any atom is -0.423 e. The lowest BCUT2D eigenvalue weighted by Crippen LogP contribution is -2.14. The van der Waals surface area contributed by atoms with Crippen LogP contribution in [-0.2, 0) is 4.79 Å². The molecular weight excluding hydrogens is 372 g/mol. The number of esters is 1. The number of hydrogen-bond donors (Lipinski definition) is 0.